The van der Waals surface area contributed by atoms with Crippen LogP contribution in [0.15, 0.2) is 62.4 Å². The Bertz CT molecular complexity index is 1150. The summed E-state index contributed by atoms with van der Waals surface area (Å²) in [5.74, 6) is -1.62. The number of nitro benzene ring substituents is 1. The van der Waals surface area contributed by atoms with Gasteiger partial charge < -0.3 is 9.15 Å². The first-order valence-electron chi connectivity index (χ1n) is 7.73. The Labute approximate surface area is 167 Å². The van der Waals surface area contributed by atoms with Crippen molar-refractivity contribution in [3.63, 3.8) is 0 Å². The van der Waals surface area contributed by atoms with E-state index in [1.54, 1.807) is 0 Å². The second-order valence-corrected chi connectivity index (χ2v) is 8.55. The average molecular weight is 437 g/mol. The van der Waals surface area contributed by atoms with Crippen LogP contribution in [0.2, 0.25) is 0 Å². The van der Waals surface area contributed by atoms with Gasteiger partial charge in [0, 0.05) is 12.1 Å². The molecule has 1 N–H and O–H groups in total. The van der Waals surface area contributed by atoms with Gasteiger partial charge in [0.1, 0.15) is 4.21 Å². The molecule has 3 aromatic rings. The number of non-ortho nitro benzene ring substituents is 1. The number of furan rings is 1. The molecule has 3 rings (SSSR count). The first-order valence-corrected chi connectivity index (χ1v) is 10.0. The summed E-state index contributed by atoms with van der Waals surface area (Å²) < 4.78 is 34.5. The van der Waals surface area contributed by atoms with Gasteiger partial charge in [0.2, 0.25) is 15.6 Å². The molecule has 0 atom stereocenters. The number of amides is 1. The lowest BCUT2D eigenvalue weighted by molar-refractivity contribution is -0.384. The molecule has 150 valence electrons. The minimum Gasteiger partial charge on any atom is -0.457 e. The molecule has 0 spiro atoms. The number of anilines is 1. The van der Waals surface area contributed by atoms with E-state index in [1.807, 2.05) is 0 Å². The number of hydrogen-bond acceptors (Lipinski definition) is 10. The third kappa shape index (κ3) is 4.64. The van der Waals surface area contributed by atoms with Crippen LogP contribution in [0.5, 0.6) is 0 Å². The van der Waals surface area contributed by atoms with Crippen molar-refractivity contribution in [2.45, 2.75) is 9.10 Å². The van der Waals surface area contributed by atoms with Crippen molar-refractivity contribution in [2.24, 2.45) is 0 Å². The summed E-state index contributed by atoms with van der Waals surface area (Å²) in [5.41, 5.74) is -0.245. The average Bonchev–Trinajstić information content (AvgIpc) is 3.38. The normalized spacial score (nSPS) is 11.0. The fourth-order valence-electron chi connectivity index (χ4n) is 2.06. The number of hydrogen-bond donors (Lipinski definition) is 1. The third-order valence-corrected chi connectivity index (χ3v) is 6.55. The highest BCUT2D eigenvalue weighted by molar-refractivity contribution is 7.93. The van der Waals surface area contributed by atoms with E-state index >= 15 is 0 Å². The summed E-state index contributed by atoms with van der Waals surface area (Å²) in [6, 6.07) is 7.22. The van der Waals surface area contributed by atoms with Gasteiger partial charge in [0.05, 0.1) is 22.3 Å². The summed E-state index contributed by atoms with van der Waals surface area (Å²) in [6.45, 7) is -0.621. The van der Waals surface area contributed by atoms with Crippen LogP contribution >= 0.6 is 11.3 Å². The van der Waals surface area contributed by atoms with Crippen LogP contribution in [0.25, 0.3) is 0 Å². The molecular weight excluding hydrogens is 426 g/mol. The minimum absolute atomic E-state index is 0.0236. The molecule has 0 aliphatic carbocycles. The fraction of sp³-hybridized carbons (Fsp3) is 0.0625. The number of carbonyl (C=O) groups excluding carboxylic acids is 2. The number of sulfone groups is 1. The standard InChI is InChI=1S/C16H11N3O8S2/c20-13(9-27-15(21)12-2-1-7-26-12)18-16-17-8-14(28-16)29(24,25)11-5-3-10(4-6-11)19(22)23/h1-8H,9H2,(H,17,18,20). The van der Waals surface area contributed by atoms with E-state index in [0.29, 0.717) is 11.3 Å². The van der Waals surface area contributed by atoms with Gasteiger partial charge in [0.15, 0.2) is 11.7 Å². The maximum atomic E-state index is 12.6. The molecular formula is C16H11N3O8S2. The Morgan fingerprint density at radius 2 is 1.97 bits per heavy atom. The van der Waals surface area contributed by atoms with E-state index in [4.69, 9.17) is 9.15 Å². The topological polar surface area (TPSA) is 159 Å². The summed E-state index contributed by atoms with van der Waals surface area (Å²) in [7, 11) is -3.97. The summed E-state index contributed by atoms with van der Waals surface area (Å²) in [6.07, 6.45) is 2.32. The Kier molecular flexibility index (Phi) is 5.70. The van der Waals surface area contributed by atoms with E-state index in [-0.39, 0.29) is 25.7 Å². The number of rotatable bonds is 7. The van der Waals surface area contributed by atoms with E-state index in [1.165, 1.54) is 18.4 Å². The maximum absolute atomic E-state index is 12.6. The van der Waals surface area contributed by atoms with E-state index in [2.05, 4.69) is 10.3 Å². The smallest absolute Gasteiger partial charge is 0.374 e. The maximum Gasteiger partial charge on any atom is 0.374 e. The van der Waals surface area contributed by atoms with Crippen LogP contribution in [0.4, 0.5) is 10.8 Å². The molecule has 0 saturated carbocycles. The number of esters is 1. The van der Waals surface area contributed by atoms with Gasteiger partial charge in [-0.25, -0.2) is 18.2 Å². The van der Waals surface area contributed by atoms with Gasteiger partial charge in [-0.2, -0.15) is 0 Å². The van der Waals surface area contributed by atoms with E-state index in [0.717, 1.165) is 30.5 Å². The van der Waals surface area contributed by atoms with Gasteiger partial charge in [0.25, 0.3) is 11.6 Å². The van der Waals surface area contributed by atoms with Gasteiger partial charge >= 0.3 is 5.97 Å². The predicted molar refractivity (Wildman–Crippen MR) is 98.3 cm³/mol. The highest BCUT2D eigenvalue weighted by Crippen LogP contribution is 2.29. The monoisotopic (exact) mass is 437 g/mol. The second-order valence-electron chi connectivity index (χ2n) is 5.34. The number of benzene rings is 1. The SMILES string of the molecule is O=C(COC(=O)c1ccco1)Nc1ncc(S(=O)(=O)c2ccc([N+](=O)[O-])cc2)s1. The Balaban J connectivity index is 1.64. The van der Waals surface area contributed by atoms with Crippen molar-refractivity contribution >= 4 is 43.9 Å². The van der Waals surface area contributed by atoms with Crippen LogP contribution in [-0.2, 0) is 19.4 Å². The molecule has 0 radical (unpaired) electrons. The lowest BCUT2D eigenvalue weighted by atomic mass is 10.3. The van der Waals surface area contributed by atoms with Crippen LogP contribution in [0.3, 0.4) is 0 Å². The Hall–Kier alpha value is -3.58. The zero-order valence-corrected chi connectivity index (χ0v) is 15.9. The highest BCUT2D eigenvalue weighted by Gasteiger charge is 2.22. The zero-order valence-electron chi connectivity index (χ0n) is 14.3. The molecule has 0 fully saturated rings. The molecule has 13 heteroatoms. The lowest BCUT2D eigenvalue weighted by Crippen LogP contribution is -2.20. The number of aromatic nitrogens is 1. The minimum atomic E-state index is -3.97. The number of ether oxygens (including phenoxy) is 1. The van der Waals surface area contributed by atoms with Gasteiger partial charge in [-0.05, 0) is 24.3 Å². The largest absolute Gasteiger partial charge is 0.457 e. The number of nitrogens with zero attached hydrogens (tertiary/aromatic N) is 2. The molecule has 0 unspecified atom stereocenters. The Morgan fingerprint density at radius 1 is 1.24 bits per heavy atom. The molecule has 2 heterocycles. The number of carbonyl (C=O) groups is 2. The summed E-state index contributed by atoms with van der Waals surface area (Å²) >= 11 is 0.682. The molecule has 1 aromatic carbocycles. The molecule has 1 amide bonds. The van der Waals surface area contributed by atoms with Crippen molar-refractivity contribution in [1.82, 2.24) is 4.98 Å². The van der Waals surface area contributed by atoms with Crippen molar-refractivity contribution < 1.29 is 32.1 Å². The summed E-state index contributed by atoms with van der Waals surface area (Å²) in [5, 5.41) is 13.0. The van der Waals surface area contributed by atoms with Gasteiger partial charge in [-0.1, -0.05) is 11.3 Å². The highest BCUT2D eigenvalue weighted by atomic mass is 32.2. The van der Waals surface area contributed by atoms with Crippen LogP contribution in [-0.4, -0.2) is 36.8 Å². The molecule has 0 aliphatic rings. The first-order chi connectivity index (χ1) is 13.8. The fourth-order valence-corrected chi connectivity index (χ4v) is 4.51. The van der Waals surface area contributed by atoms with Crippen molar-refractivity contribution in [3.8, 4) is 0 Å². The van der Waals surface area contributed by atoms with Gasteiger partial charge in [-0.3, -0.25) is 20.2 Å². The van der Waals surface area contributed by atoms with Gasteiger partial charge in [-0.15, -0.1) is 0 Å². The van der Waals surface area contributed by atoms with E-state index in [9.17, 15) is 28.1 Å². The van der Waals surface area contributed by atoms with Crippen molar-refractivity contribution in [2.75, 3.05) is 11.9 Å². The molecule has 2 aromatic heterocycles. The lowest BCUT2D eigenvalue weighted by Gasteiger charge is -2.03. The number of nitrogens with one attached hydrogen (secondary N) is 1. The van der Waals surface area contributed by atoms with Crippen molar-refractivity contribution in [3.05, 3.63) is 64.7 Å². The predicted octanol–water partition coefficient (Wildman–Crippen LogP) is 2.27. The zero-order chi connectivity index (χ0) is 21.0. The summed E-state index contributed by atoms with van der Waals surface area (Å²) in [4.78, 5) is 37.1. The van der Waals surface area contributed by atoms with E-state index < -0.39 is 33.2 Å². The van der Waals surface area contributed by atoms with Crippen molar-refractivity contribution in [1.29, 1.82) is 0 Å². The molecule has 11 nitrogen and oxygen atoms in total. The van der Waals surface area contributed by atoms with Crippen LogP contribution < -0.4 is 5.32 Å². The third-order valence-electron chi connectivity index (χ3n) is 3.41. The Morgan fingerprint density at radius 3 is 2.59 bits per heavy atom. The molecule has 0 saturated heterocycles. The molecule has 29 heavy (non-hydrogen) atoms. The van der Waals surface area contributed by atoms with Crippen LogP contribution in [0.1, 0.15) is 10.6 Å². The second kappa shape index (κ2) is 8.20. The van der Waals surface area contributed by atoms with Crippen LogP contribution in [0, 0.1) is 10.1 Å². The molecule has 0 bridgehead atoms. The quantitative estimate of drug-likeness (QED) is 0.332. The molecule has 0 aliphatic heterocycles. The number of nitro groups is 1. The first kappa shape index (κ1) is 20.2. The number of thiazole rings is 1.